The average molecular weight is 455 g/mol. The lowest BCUT2D eigenvalue weighted by molar-refractivity contribution is 0.304. The van der Waals surface area contributed by atoms with Crippen LogP contribution in [-0.2, 0) is 0 Å². The summed E-state index contributed by atoms with van der Waals surface area (Å²) in [7, 11) is 0. The van der Waals surface area contributed by atoms with Crippen molar-refractivity contribution in [3.63, 3.8) is 0 Å². The van der Waals surface area contributed by atoms with Crippen LogP contribution in [0.5, 0.6) is 0 Å². The summed E-state index contributed by atoms with van der Waals surface area (Å²) in [5.41, 5.74) is 3.36. The molecule has 0 amide bonds. The molecule has 1 saturated heterocycles. The van der Waals surface area contributed by atoms with Crippen molar-refractivity contribution < 1.29 is 0 Å². The van der Waals surface area contributed by atoms with Crippen molar-refractivity contribution in [3.05, 3.63) is 82.9 Å². The van der Waals surface area contributed by atoms with E-state index >= 15 is 0 Å². The van der Waals surface area contributed by atoms with Gasteiger partial charge in [0.15, 0.2) is 5.11 Å². The molecule has 1 aliphatic rings. The van der Waals surface area contributed by atoms with E-state index in [9.17, 15) is 0 Å². The molecule has 0 saturated carbocycles. The predicted octanol–water partition coefficient (Wildman–Crippen LogP) is 5.41. The number of pyridine rings is 1. The monoisotopic (exact) mass is 454 g/mol. The van der Waals surface area contributed by atoms with Crippen molar-refractivity contribution in [3.8, 4) is 5.69 Å². The summed E-state index contributed by atoms with van der Waals surface area (Å²) in [6.07, 6.45) is 6.20. The first kappa shape index (κ1) is 19.2. The summed E-state index contributed by atoms with van der Waals surface area (Å²) in [5.74, 6) is 0. The van der Waals surface area contributed by atoms with E-state index in [0.29, 0.717) is 0 Å². The molecular weight excluding hydrogens is 432 g/mol. The van der Waals surface area contributed by atoms with Gasteiger partial charge in [0.1, 0.15) is 0 Å². The van der Waals surface area contributed by atoms with E-state index in [1.807, 2.05) is 18.3 Å². The fraction of sp³-hybridized carbons (Fsp3) is 0.273. The molecule has 0 aliphatic carbocycles. The topological polar surface area (TPSA) is 33.1 Å². The van der Waals surface area contributed by atoms with E-state index in [4.69, 9.17) is 12.2 Å². The highest BCUT2D eigenvalue weighted by molar-refractivity contribution is 9.10. The second-order valence-electron chi connectivity index (χ2n) is 6.95. The van der Waals surface area contributed by atoms with Crippen molar-refractivity contribution >= 4 is 33.3 Å². The lowest BCUT2D eigenvalue weighted by atomic mass is 10.0. The first-order chi connectivity index (χ1) is 13.7. The zero-order valence-corrected chi connectivity index (χ0v) is 18.2. The van der Waals surface area contributed by atoms with Crippen molar-refractivity contribution in [2.24, 2.45) is 0 Å². The van der Waals surface area contributed by atoms with Crippen LogP contribution in [0.3, 0.4) is 0 Å². The van der Waals surface area contributed by atoms with E-state index in [1.54, 1.807) is 0 Å². The van der Waals surface area contributed by atoms with Gasteiger partial charge in [0.05, 0.1) is 17.8 Å². The van der Waals surface area contributed by atoms with Crippen LogP contribution >= 0.6 is 28.1 Å². The largest absolute Gasteiger partial charge is 0.352 e. The van der Waals surface area contributed by atoms with Gasteiger partial charge in [-0.1, -0.05) is 35.3 Å². The predicted molar refractivity (Wildman–Crippen MR) is 121 cm³/mol. The fourth-order valence-corrected chi connectivity index (χ4v) is 4.36. The Bertz CT molecular complexity index is 939. The molecule has 2 atom stereocenters. The van der Waals surface area contributed by atoms with Gasteiger partial charge in [-0.2, -0.15) is 0 Å². The second kappa shape index (κ2) is 8.45. The summed E-state index contributed by atoms with van der Waals surface area (Å²) >= 11 is 9.26. The molecule has 144 valence electrons. The SMILES string of the molecule is CCCCN1C(=S)NC(c2ccccn2)C1c1cccn1-c1ccc(Br)cc1. The van der Waals surface area contributed by atoms with Gasteiger partial charge in [0, 0.05) is 34.8 Å². The molecule has 1 N–H and O–H groups in total. The van der Waals surface area contributed by atoms with E-state index in [2.05, 4.69) is 91.3 Å². The molecule has 0 bridgehead atoms. The Hall–Kier alpha value is -2.18. The van der Waals surface area contributed by atoms with Crippen molar-refractivity contribution in [1.82, 2.24) is 19.8 Å². The molecule has 4 rings (SSSR count). The minimum Gasteiger partial charge on any atom is -0.352 e. The highest BCUT2D eigenvalue weighted by atomic mass is 79.9. The van der Waals surface area contributed by atoms with Crippen LogP contribution in [0.15, 0.2) is 71.5 Å². The van der Waals surface area contributed by atoms with Crippen molar-refractivity contribution in [2.75, 3.05) is 6.54 Å². The van der Waals surface area contributed by atoms with E-state index in [1.165, 1.54) is 5.69 Å². The number of unbranched alkanes of at least 4 members (excludes halogenated alkanes) is 1. The van der Waals surface area contributed by atoms with Crippen LogP contribution in [0.4, 0.5) is 0 Å². The molecule has 1 aromatic carbocycles. The Morgan fingerprint density at radius 3 is 2.64 bits per heavy atom. The molecule has 2 aromatic heterocycles. The maximum Gasteiger partial charge on any atom is 0.170 e. The molecule has 1 fully saturated rings. The maximum atomic E-state index is 5.73. The number of nitrogens with one attached hydrogen (secondary N) is 1. The van der Waals surface area contributed by atoms with Gasteiger partial charge in [0.2, 0.25) is 0 Å². The maximum absolute atomic E-state index is 5.73. The Morgan fingerprint density at radius 2 is 1.93 bits per heavy atom. The molecule has 0 radical (unpaired) electrons. The highest BCUT2D eigenvalue weighted by Gasteiger charge is 2.40. The van der Waals surface area contributed by atoms with E-state index in [0.717, 1.165) is 40.4 Å². The summed E-state index contributed by atoms with van der Waals surface area (Å²) < 4.78 is 3.33. The van der Waals surface area contributed by atoms with Crippen LogP contribution in [0.25, 0.3) is 5.69 Å². The highest BCUT2D eigenvalue weighted by Crippen LogP contribution is 2.39. The standard InChI is InChI=1S/C22H23BrN4S/c1-2-3-14-27-21(20(25-22(27)28)18-7-4-5-13-24-18)19-8-6-15-26(19)17-11-9-16(23)10-12-17/h4-13,15,20-21H,2-3,14H2,1H3,(H,25,28). The normalized spacial score (nSPS) is 19.1. The quantitative estimate of drug-likeness (QED) is 0.504. The smallest absolute Gasteiger partial charge is 0.170 e. The van der Waals surface area contributed by atoms with Crippen molar-refractivity contribution in [1.29, 1.82) is 0 Å². The second-order valence-corrected chi connectivity index (χ2v) is 8.26. The van der Waals surface area contributed by atoms with Gasteiger partial charge < -0.3 is 14.8 Å². The van der Waals surface area contributed by atoms with Crippen LogP contribution in [-0.4, -0.2) is 26.1 Å². The molecule has 3 heterocycles. The van der Waals surface area contributed by atoms with Gasteiger partial charge in [-0.25, -0.2) is 0 Å². The summed E-state index contributed by atoms with van der Waals surface area (Å²) in [6.45, 7) is 3.14. The molecule has 2 unspecified atom stereocenters. The van der Waals surface area contributed by atoms with Crippen LogP contribution < -0.4 is 5.32 Å². The number of aromatic nitrogens is 2. The van der Waals surface area contributed by atoms with Crippen LogP contribution in [0.2, 0.25) is 0 Å². The lowest BCUT2D eigenvalue weighted by Gasteiger charge is -2.29. The number of rotatable bonds is 6. The Morgan fingerprint density at radius 1 is 1.11 bits per heavy atom. The first-order valence-electron chi connectivity index (χ1n) is 9.60. The van der Waals surface area contributed by atoms with Gasteiger partial charge in [-0.15, -0.1) is 0 Å². The van der Waals surface area contributed by atoms with E-state index < -0.39 is 0 Å². The summed E-state index contributed by atoms with van der Waals surface area (Å²) in [6, 6.07) is 18.9. The van der Waals surface area contributed by atoms with Crippen LogP contribution in [0.1, 0.15) is 43.2 Å². The molecule has 0 spiro atoms. The fourth-order valence-electron chi connectivity index (χ4n) is 3.77. The molecule has 3 aromatic rings. The van der Waals surface area contributed by atoms with Gasteiger partial charge in [0.25, 0.3) is 0 Å². The third-order valence-electron chi connectivity index (χ3n) is 5.14. The molecule has 4 nitrogen and oxygen atoms in total. The molecular formula is C22H23BrN4S. The number of thiocarbonyl (C=S) groups is 1. The third-order valence-corrected chi connectivity index (χ3v) is 6.02. The number of benzene rings is 1. The molecule has 28 heavy (non-hydrogen) atoms. The Balaban J connectivity index is 1.78. The average Bonchev–Trinajstić information content (AvgIpc) is 3.32. The van der Waals surface area contributed by atoms with E-state index in [-0.39, 0.29) is 12.1 Å². The number of nitrogens with zero attached hydrogens (tertiary/aromatic N) is 3. The number of halogens is 1. The van der Waals surface area contributed by atoms with Gasteiger partial charge in [-0.3, -0.25) is 4.98 Å². The Labute approximate surface area is 179 Å². The minimum absolute atomic E-state index is 0.0228. The molecule has 6 heteroatoms. The Kier molecular flexibility index (Phi) is 5.78. The number of hydrogen-bond donors (Lipinski definition) is 1. The third kappa shape index (κ3) is 3.71. The van der Waals surface area contributed by atoms with Crippen molar-refractivity contribution in [2.45, 2.75) is 31.8 Å². The lowest BCUT2D eigenvalue weighted by Crippen LogP contribution is -2.31. The molecule has 1 aliphatic heterocycles. The number of hydrogen-bond acceptors (Lipinski definition) is 2. The summed E-state index contributed by atoms with van der Waals surface area (Å²) in [5, 5.41) is 4.33. The van der Waals surface area contributed by atoms with Gasteiger partial charge >= 0.3 is 0 Å². The zero-order valence-electron chi connectivity index (χ0n) is 15.8. The summed E-state index contributed by atoms with van der Waals surface area (Å²) in [4.78, 5) is 6.94. The van der Waals surface area contributed by atoms with Gasteiger partial charge in [-0.05, 0) is 67.2 Å². The minimum atomic E-state index is 0.0228. The van der Waals surface area contributed by atoms with Crippen LogP contribution in [0, 0.1) is 0 Å². The zero-order chi connectivity index (χ0) is 19.5. The first-order valence-corrected chi connectivity index (χ1v) is 10.8.